The highest BCUT2D eigenvalue weighted by Gasteiger charge is 2.27. The van der Waals surface area contributed by atoms with E-state index in [9.17, 15) is 0 Å². The van der Waals surface area contributed by atoms with Crippen molar-refractivity contribution >= 4 is 21.7 Å². The molecule has 1 N–H and O–H groups in total. The van der Waals surface area contributed by atoms with Crippen molar-refractivity contribution in [2.24, 2.45) is 0 Å². The molecule has 1 saturated heterocycles. The highest BCUT2D eigenvalue weighted by molar-refractivity contribution is 9.10. The first-order chi connectivity index (χ1) is 9.93. The number of ether oxygens (including phenoxy) is 1. The topological polar surface area (TPSA) is 50.3 Å². The second-order valence-electron chi connectivity index (χ2n) is 5.98. The van der Waals surface area contributed by atoms with E-state index >= 15 is 0 Å². The van der Waals surface area contributed by atoms with Gasteiger partial charge in [0.05, 0.1) is 16.8 Å². The Bertz CT molecular complexity index is 493. The predicted molar refractivity (Wildman–Crippen MR) is 88.8 cm³/mol. The monoisotopic (exact) mass is 356 g/mol. The van der Waals surface area contributed by atoms with Gasteiger partial charge in [0.2, 0.25) is 0 Å². The van der Waals surface area contributed by atoms with E-state index in [1.165, 1.54) is 0 Å². The van der Waals surface area contributed by atoms with Gasteiger partial charge in [0.1, 0.15) is 11.9 Å². The van der Waals surface area contributed by atoms with Crippen molar-refractivity contribution in [1.29, 1.82) is 0 Å². The lowest BCUT2D eigenvalue weighted by Gasteiger charge is -2.35. The smallest absolute Gasteiger partial charge is 0.161 e. The quantitative estimate of drug-likeness (QED) is 0.897. The van der Waals surface area contributed by atoms with Crippen LogP contribution in [0.2, 0.25) is 0 Å². The van der Waals surface area contributed by atoms with E-state index in [-0.39, 0.29) is 6.10 Å². The number of hydrogen-bond acceptors (Lipinski definition) is 5. The molecule has 5 nitrogen and oxygen atoms in total. The zero-order valence-electron chi connectivity index (χ0n) is 13.5. The third kappa shape index (κ3) is 3.73. The summed E-state index contributed by atoms with van der Waals surface area (Å²) in [4.78, 5) is 11.8. The first kappa shape index (κ1) is 16.6. The summed E-state index contributed by atoms with van der Waals surface area (Å²) in [6.07, 6.45) is -0.0566. The lowest BCUT2D eigenvalue weighted by molar-refractivity contribution is -0.0443. The Hall–Kier alpha value is -0.720. The van der Waals surface area contributed by atoms with Crippen LogP contribution >= 0.6 is 15.9 Å². The lowest BCUT2D eigenvalue weighted by atomic mass is 10.1. The molecule has 1 aliphatic heterocycles. The number of morpholine rings is 1. The Labute approximate surface area is 135 Å². The SMILES string of the molecule is CNc1nc(C2CN(C(C)C)CCO2)nc(C(C)C)c1Br. The molecule has 6 heteroatoms. The molecule has 21 heavy (non-hydrogen) atoms. The second-order valence-corrected chi connectivity index (χ2v) is 6.78. The first-order valence-corrected chi connectivity index (χ1v) is 8.34. The van der Waals surface area contributed by atoms with E-state index in [4.69, 9.17) is 9.72 Å². The molecular weight excluding hydrogens is 332 g/mol. The fourth-order valence-corrected chi connectivity index (χ4v) is 3.30. The number of hydrogen-bond donors (Lipinski definition) is 1. The van der Waals surface area contributed by atoms with Crippen molar-refractivity contribution in [3.05, 3.63) is 16.0 Å². The van der Waals surface area contributed by atoms with Crippen molar-refractivity contribution < 1.29 is 4.74 Å². The van der Waals surface area contributed by atoms with Gasteiger partial charge in [-0.3, -0.25) is 4.90 Å². The normalized spacial score (nSPS) is 20.3. The van der Waals surface area contributed by atoms with Crippen molar-refractivity contribution in [2.45, 2.75) is 45.8 Å². The number of nitrogens with one attached hydrogen (secondary N) is 1. The molecule has 0 aliphatic carbocycles. The molecule has 0 bridgehead atoms. The van der Waals surface area contributed by atoms with Crippen LogP contribution in [0.15, 0.2) is 4.47 Å². The molecule has 0 aromatic carbocycles. The largest absolute Gasteiger partial charge is 0.372 e. The number of nitrogens with zero attached hydrogens (tertiary/aromatic N) is 3. The Morgan fingerprint density at radius 1 is 1.29 bits per heavy atom. The summed E-state index contributed by atoms with van der Waals surface area (Å²) in [5.41, 5.74) is 1.02. The molecule has 1 aliphatic rings. The maximum Gasteiger partial charge on any atom is 0.161 e. The van der Waals surface area contributed by atoms with Crippen molar-refractivity contribution in [1.82, 2.24) is 14.9 Å². The van der Waals surface area contributed by atoms with Gasteiger partial charge in [-0.2, -0.15) is 0 Å². The maximum absolute atomic E-state index is 5.91. The molecular formula is C15H25BrN4O. The van der Waals surface area contributed by atoms with E-state index in [0.29, 0.717) is 12.0 Å². The number of halogens is 1. The van der Waals surface area contributed by atoms with Crippen molar-refractivity contribution in [3.63, 3.8) is 0 Å². The highest BCUT2D eigenvalue weighted by atomic mass is 79.9. The lowest BCUT2D eigenvalue weighted by Crippen LogP contribution is -2.42. The van der Waals surface area contributed by atoms with E-state index < -0.39 is 0 Å². The van der Waals surface area contributed by atoms with Crippen LogP contribution in [-0.2, 0) is 4.74 Å². The van der Waals surface area contributed by atoms with Gasteiger partial charge >= 0.3 is 0 Å². The zero-order chi connectivity index (χ0) is 15.6. The Kier molecular flexibility index (Phi) is 5.57. The average molecular weight is 357 g/mol. The minimum Gasteiger partial charge on any atom is -0.372 e. The predicted octanol–water partition coefficient (Wildman–Crippen LogP) is 3.19. The van der Waals surface area contributed by atoms with Crippen LogP contribution in [0.25, 0.3) is 0 Å². The minimum absolute atomic E-state index is 0.0566. The van der Waals surface area contributed by atoms with E-state index in [1.54, 1.807) is 0 Å². The minimum atomic E-state index is -0.0566. The fourth-order valence-electron chi connectivity index (χ4n) is 2.47. The molecule has 1 aromatic heterocycles. The van der Waals surface area contributed by atoms with E-state index in [0.717, 1.165) is 41.5 Å². The molecule has 0 amide bonds. The van der Waals surface area contributed by atoms with Crippen LogP contribution in [-0.4, -0.2) is 47.7 Å². The standard InChI is InChI=1S/C15H25BrN4O/c1-9(2)13-12(16)15(17-5)19-14(18-13)11-8-20(10(3)4)6-7-21-11/h9-11H,6-8H2,1-5H3,(H,17,18,19). The van der Waals surface area contributed by atoms with Crippen LogP contribution in [0, 0.1) is 0 Å². The van der Waals surface area contributed by atoms with Crippen LogP contribution in [0.3, 0.4) is 0 Å². The highest BCUT2D eigenvalue weighted by Crippen LogP contribution is 2.31. The number of aromatic nitrogens is 2. The van der Waals surface area contributed by atoms with Crippen molar-refractivity contribution in [2.75, 3.05) is 32.1 Å². The van der Waals surface area contributed by atoms with E-state index in [2.05, 4.69) is 58.8 Å². The third-order valence-electron chi connectivity index (χ3n) is 3.79. The molecule has 0 spiro atoms. The summed E-state index contributed by atoms with van der Waals surface area (Å²) in [6, 6.07) is 0.514. The Morgan fingerprint density at radius 2 is 2.00 bits per heavy atom. The third-order valence-corrected chi connectivity index (χ3v) is 4.58. The molecule has 2 rings (SSSR count). The summed E-state index contributed by atoms with van der Waals surface area (Å²) in [6.45, 7) is 11.2. The molecule has 1 aromatic rings. The average Bonchev–Trinajstić information content (AvgIpc) is 2.47. The van der Waals surface area contributed by atoms with Crippen LogP contribution in [0.5, 0.6) is 0 Å². The Morgan fingerprint density at radius 3 is 2.57 bits per heavy atom. The van der Waals surface area contributed by atoms with Crippen LogP contribution in [0.1, 0.15) is 51.2 Å². The van der Waals surface area contributed by atoms with Gasteiger partial charge in [0.25, 0.3) is 0 Å². The molecule has 1 unspecified atom stereocenters. The van der Waals surface area contributed by atoms with Crippen LogP contribution < -0.4 is 5.32 Å². The van der Waals surface area contributed by atoms with Crippen LogP contribution in [0.4, 0.5) is 5.82 Å². The van der Waals surface area contributed by atoms with Gasteiger partial charge in [0.15, 0.2) is 5.82 Å². The van der Waals surface area contributed by atoms with Gasteiger partial charge in [-0.15, -0.1) is 0 Å². The second kappa shape index (κ2) is 7.03. The molecule has 118 valence electrons. The molecule has 2 heterocycles. The van der Waals surface area contributed by atoms with Crippen molar-refractivity contribution in [3.8, 4) is 0 Å². The van der Waals surface area contributed by atoms with Gasteiger partial charge in [-0.25, -0.2) is 9.97 Å². The fraction of sp³-hybridized carbons (Fsp3) is 0.733. The van der Waals surface area contributed by atoms with Gasteiger partial charge in [-0.1, -0.05) is 13.8 Å². The molecule has 0 radical (unpaired) electrons. The summed E-state index contributed by atoms with van der Waals surface area (Å²) in [5, 5.41) is 3.14. The maximum atomic E-state index is 5.91. The van der Waals surface area contributed by atoms with E-state index in [1.807, 2.05) is 7.05 Å². The summed E-state index contributed by atoms with van der Waals surface area (Å²) >= 11 is 3.60. The molecule has 1 atom stereocenters. The number of rotatable bonds is 4. The Balaban J connectivity index is 2.32. The summed E-state index contributed by atoms with van der Waals surface area (Å²) in [7, 11) is 1.88. The number of anilines is 1. The van der Waals surface area contributed by atoms with Gasteiger partial charge in [-0.05, 0) is 35.7 Å². The first-order valence-electron chi connectivity index (χ1n) is 7.54. The summed E-state index contributed by atoms with van der Waals surface area (Å²) in [5.74, 6) is 1.93. The van der Waals surface area contributed by atoms with Gasteiger partial charge < -0.3 is 10.1 Å². The molecule has 1 fully saturated rings. The molecule has 0 saturated carbocycles. The summed E-state index contributed by atoms with van der Waals surface area (Å²) < 4.78 is 6.85. The van der Waals surface area contributed by atoms with Gasteiger partial charge in [0, 0.05) is 26.2 Å². The zero-order valence-corrected chi connectivity index (χ0v) is 15.1.